The molecule has 66 heavy (non-hydrogen) atoms. The van der Waals surface area contributed by atoms with Crippen molar-refractivity contribution in [2.75, 3.05) is 34.5 Å². The molecule has 4 aliphatic heterocycles. The van der Waals surface area contributed by atoms with E-state index in [9.17, 15) is 38.8 Å². The molecule has 4 bridgehead atoms. The number of amides is 1. The molecule has 0 spiro atoms. The quantitative estimate of drug-likeness (QED) is 0.126. The molecule has 15 heteroatoms. The Morgan fingerprint density at radius 2 is 1.61 bits per heavy atom. The van der Waals surface area contributed by atoms with Crippen LogP contribution in [-0.4, -0.2) is 133 Å². The zero-order chi connectivity index (χ0) is 48.6. The summed E-state index contributed by atoms with van der Waals surface area (Å²) >= 11 is 0. The molecule has 4 heterocycles. The number of nitrogens with zero attached hydrogens (tertiary/aromatic N) is 1. The fraction of sp³-hybridized carbons (Fsp3) is 0.745. The van der Waals surface area contributed by atoms with E-state index in [0.29, 0.717) is 63.4 Å². The van der Waals surface area contributed by atoms with E-state index in [1.807, 2.05) is 51.2 Å². The lowest BCUT2D eigenvalue weighted by Gasteiger charge is -2.50. The lowest BCUT2D eigenvalue weighted by atomic mass is 9.68. The number of carbonyl (C=O) groups is 5. The van der Waals surface area contributed by atoms with Crippen molar-refractivity contribution in [3.8, 4) is 0 Å². The first-order valence-corrected chi connectivity index (χ1v) is 26.2. The van der Waals surface area contributed by atoms with Gasteiger partial charge in [-0.05, 0) is 107 Å². The molecule has 3 saturated heterocycles. The van der Waals surface area contributed by atoms with Crippen LogP contribution >= 0.6 is 7.80 Å². The van der Waals surface area contributed by atoms with Crippen molar-refractivity contribution in [1.29, 1.82) is 0 Å². The van der Waals surface area contributed by atoms with Crippen LogP contribution in [0.5, 0.6) is 0 Å². The minimum Gasteiger partial charge on any atom is -0.460 e. The molecule has 17 atom stereocenters. The van der Waals surface area contributed by atoms with Crippen LogP contribution in [0.2, 0.25) is 0 Å². The number of aliphatic hydroxyl groups is 2. The molecule has 4 fully saturated rings. The number of rotatable bonds is 6. The van der Waals surface area contributed by atoms with E-state index in [4.69, 9.17) is 23.7 Å². The van der Waals surface area contributed by atoms with Crippen LogP contribution in [0.3, 0.4) is 0 Å². The van der Waals surface area contributed by atoms with Crippen molar-refractivity contribution in [1.82, 2.24) is 4.90 Å². The summed E-state index contributed by atoms with van der Waals surface area (Å²) < 4.78 is 42.4. The Bertz CT molecular complexity index is 1890. The largest absolute Gasteiger partial charge is 0.460 e. The van der Waals surface area contributed by atoms with Crippen molar-refractivity contribution in [2.24, 2.45) is 41.4 Å². The van der Waals surface area contributed by atoms with Gasteiger partial charge in [0.1, 0.15) is 30.1 Å². The third-order valence-corrected chi connectivity index (χ3v) is 17.2. The number of carbonyl (C=O) groups excluding carboxylic acids is 5. The van der Waals surface area contributed by atoms with E-state index in [-0.39, 0.29) is 54.0 Å². The number of piperidine rings is 1. The second kappa shape index (κ2) is 24.0. The molecule has 0 aromatic carbocycles. The van der Waals surface area contributed by atoms with Crippen molar-refractivity contribution >= 4 is 37.0 Å². The third-order valence-electron chi connectivity index (χ3n) is 15.5. The highest BCUT2D eigenvalue weighted by atomic mass is 31.1. The first-order valence-electron chi connectivity index (χ1n) is 24.2. The number of esters is 1. The van der Waals surface area contributed by atoms with E-state index in [1.54, 1.807) is 47.7 Å². The summed E-state index contributed by atoms with van der Waals surface area (Å²) in [5.41, 5.74) is 1.23. The van der Waals surface area contributed by atoms with Gasteiger partial charge in [-0.1, -0.05) is 64.2 Å². The van der Waals surface area contributed by atoms with Gasteiger partial charge in [0, 0.05) is 70.0 Å². The zero-order valence-electron chi connectivity index (χ0n) is 40.9. The maximum Gasteiger partial charge on any atom is 0.329 e. The maximum atomic E-state index is 14.5. The molecule has 370 valence electrons. The summed E-state index contributed by atoms with van der Waals surface area (Å²) in [5, 5.41) is 23.5. The van der Waals surface area contributed by atoms with Crippen molar-refractivity contribution < 1.29 is 62.4 Å². The van der Waals surface area contributed by atoms with Crippen LogP contribution in [0, 0.1) is 41.4 Å². The maximum absolute atomic E-state index is 14.5. The number of Topliss-reactive ketones (excluding diaryl/α,β-unsaturated/α-hetero) is 3. The smallest absolute Gasteiger partial charge is 0.329 e. The molecule has 0 aromatic rings. The van der Waals surface area contributed by atoms with Crippen molar-refractivity contribution in [3.05, 3.63) is 47.6 Å². The van der Waals surface area contributed by atoms with E-state index >= 15 is 0 Å². The molecular weight excluding hydrogens is 866 g/mol. The van der Waals surface area contributed by atoms with Crippen LogP contribution < -0.4 is 0 Å². The van der Waals surface area contributed by atoms with Gasteiger partial charge >= 0.3 is 5.97 Å². The molecule has 1 aliphatic carbocycles. The van der Waals surface area contributed by atoms with Crippen LogP contribution in [0.25, 0.3) is 0 Å². The minimum absolute atomic E-state index is 0.0213. The molecule has 0 aromatic heterocycles. The van der Waals surface area contributed by atoms with Gasteiger partial charge in [-0.15, -0.1) is 0 Å². The second-order valence-corrected chi connectivity index (χ2v) is 22.1. The zero-order valence-corrected chi connectivity index (χ0v) is 41.9. The highest BCUT2D eigenvalue weighted by Gasteiger charge is 2.57. The van der Waals surface area contributed by atoms with E-state index in [2.05, 4.69) is 0 Å². The number of aliphatic hydroxyl groups excluding tert-OH is 1. The van der Waals surface area contributed by atoms with Gasteiger partial charge in [0.15, 0.2) is 5.78 Å². The molecule has 1 saturated carbocycles. The van der Waals surface area contributed by atoms with Crippen LogP contribution in [0.4, 0.5) is 0 Å². The highest BCUT2D eigenvalue weighted by Crippen LogP contribution is 2.47. The van der Waals surface area contributed by atoms with Gasteiger partial charge < -0.3 is 43.4 Å². The summed E-state index contributed by atoms with van der Waals surface area (Å²) in [4.78, 5) is 72.4. The standard InChI is InChI=1S/C51H78NO13P/c1-29-15-12-11-13-16-30(2)40(61-7)27-36-20-18-34(6)51(59,65-36)48(56)49(57)52-22-14-17-37-38(25-35-19-21-43(66(10)60)42(26-35)62-8)41(64-50(58)44(37)52)28-39(53)31(3)24-33(5)46(55)47(63-9)45(54)32(4)23-29/h11-13,15-16,24,29,31-32,34-38,40-44,46-47,55,59,66H,14,17-23,25-28H2,1-10H3/b13-11+,15-12+,30-16+,33-24+/t29-,31-,32-,34-,35+,36+,37-,38?,40+,41+,42-,43-,44+,46-,47+,51-/m1/s1. The Morgan fingerprint density at radius 3 is 2.27 bits per heavy atom. The number of ether oxygens (including phenoxy) is 5. The molecular formula is C51H78NO13P. The Balaban J connectivity index is 1.51. The van der Waals surface area contributed by atoms with Gasteiger partial charge in [0.2, 0.25) is 5.79 Å². The van der Waals surface area contributed by atoms with Crippen LogP contribution in [-0.2, 0) is 52.2 Å². The Kier molecular flexibility index (Phi) is 19.5. The van der Waals surface area contributed by atoms with Crippen molar-refractivity contribution in [2.45, 2.75) is 166 Å². The number of fused-ring (bicyclic) bond motifs is 4. The molecule has 0 radical (unpaired) electrons. The summed E-state index contributed by atoms with van der Waals surface area (Å²) in [7, 11) is 2.72. The van der Waals surface area contributed by atoms with Crippen molar-refractivity contribution in [3.63, 3.8) is 0 Å². The highest BCUT2D eigenvalue weighted by molar-refractivity contribution is 7.44. The average Bonchev–Trinajstić information content (AvgIpc) is 3.29. The predicted octanol–water partition coefficient (Wildman–Crippen LogP) is 6.60. The van der Waals surface area contributed by atoms with Gasteiger partial charge in [0.25, 0.3) is 11.7 Å². The summed E-state index contributed by atoms with van der Waals surface area (Å²) in [6, 6.07) is -1.13. The summed E-state index contributed by atoms with van der Waals surface area (Å²) in [6.45, 7) is 12.6. The van der Waals surface area contributed by atoms with Crippen LogP contribution in [0.15, 0.2) is 47.6 Å². The molecule has 14 nitrogen and oxygen atoms in total. The monoisotopic (exact) mass is 944 g/mol. The van der Waals surface area contributed by atoms with E-state index in [1.165, 1.54) is 12.0 Å². The number of methoxy groups -OCH3 is 3. The second-order valence-electron chi connectivity index (χ2n) is 20.2. The number of allylic oxidation sites excluding steroid dienone is 6. The van der Waals surface area contributed by atoms with E-state index < -0.39 is 91.5 Å². The Labute approximate surface area is 393 Å². The van der Waals surface area contributed by atoms with Gasteiger partial charge in [-0.25, -0.2) is 4.79 Å². The first-order chi connectivity index (χ1) is 31.2. The molecule has 1 amide bonds. The Hall–Kier alpha value is -3.10. The normalized spacial score (nSPS) is 42.7. The molecule has 5 rings (SSSR count). The van der Waals surface area contributed by atoms with E-state index in [0.717, 1.165) is 12.0 Å². The van der Waals surface area contributed by atoms with Crippen LogP contribution in [0.1, 0.15) is 112 Å². The third kappa shape index (κ3) is 12.6. The molecule has 2 N–H and O–H groups in total. The Morgan fingerprint density at radius 1 is 0.879 bits per heavy atom. The summed E-state index contributed by atoms with van der Waals surface area (Å²) in [5.74, 6) is -8.40. The lowest BCUT2D eigenvalue weighted by molar-refractivity contribution is -0.266. The number of hydrogen-bond acceptors (Lipinski definition) is 13. The molecule has 5 aliphatic rings. The topological polar surface area (TPSA) is 192 Å². The number of ketones is 3. The van der Waals surface area contributed by atoms with Gasteiger partial charge in [-0.3, -0.25) is 19.2 Å². The lowest BCUT2D eigenvalue weighted by Crippen LogP contribution is -2.65. The van der Waals surface area contributed by atoms with Gasteiger partial charge in [-0.2, -0.15) is 0 Å². The first kappa shape index (κ1) is 53.8. The fourth-order valence-corrected chi connectivity index (χ4v) is 12.8. The van der Waals surface area contributed by atoms with Gasteiger partial charge in [0.05, 0.1) is 26.1 Å². The predicted molar refractivity (Wildman–Crippen MR) is 251 cm³/mol. The summed E-state index contributed by atoms with van der Waals surface area (Å²) in [6.07, 6.45) is 12.0. The SMILES string of the molecule is CO[C@H]1C[C@@H]2CC[C@@H](C)[C@@](O)(O2)C(=O)C(=O)N2CCC[C@@H]3C(C[C@@H]4CC[C@@H]([PH](C)=O)[C@H](OC)C4)[C@H](CC(=O)[C@H](C)/C=C(\C)[C@@H](O)[C@@H](OC)C(=O)[C@H](C)C[C@H](C)/C=C/C=C/C=C/1C)OC(=O)[C@H]32. The average molecular weight is 944 g/mol. The number of hydrogen-bond donors (Lipinski definition) is 2. The fourth-order valence-electron chi connectivity index (χ4n) is 11.4. The minimum atomic E-state index is -2.44. The molecule has 2 unspecified atom stereocenters.